The second kappa shape index (κ2) is 7.39. The molecule has 2 aromatic heterocycles. The lowest BCUT2D eigenvalue weighted by molar-refractivity contribution is 0.0466. The SMILES string of the molecule is Cn1ccnc1[C@@H](O)C1CCN(Cc2nc(-c3ccccc3)no2)CC1. The number of benzene rings is 1. The Morgan fingerprint density at radius 3 is 2.69 bits per heavy atom. The fourth-order valence-electron chi connectivity index (χ4n) is 3.51. The smallest absolute Gasteiger partial charge is 0.241 e. The van der Waals surface area contributed by atoms with Gasteiger partial charge in [-0.3, -0.25) is 4.90 Å². The second-order valence-corrected chi connectivity index (χ2v) is 6.83. The Morgan fingerprint density at radius 2 is 2.00 bits per heavy atom. The van der Waals surface area contributed by atoms with E-state index in [0.29, 0.717) is 18.3 Å². The summed E-state index contributed by atoms with van der Waals surface area (Å²) in [4.78, 5) is 11.1. The number of aromatic nitrogens is 4. The van der Waals surface area contributed by atoms with Gasteiger partial charge in [0.25, 0.3) is 0 Å². The highest BCUT2D eigenvalue weighted by molar-refractivity contribution is 5.53. The molecule has 0 bridgehead atoms. The molecule has 4 rings (SSSR count). The van der Waals surface area contributed by atoms with Crippen LogP contribution < -0.4 is 0 Å². The number of aryl methyl sites for hydroxylation is 1. The van der Waals surface area contributed by atoms with E-state index in [2.05, 4.69) is 20.0 Å². The van der Waals surface area contributed by atoms with Gasteiger partial charge in [0, 0.05) is 25.0 Å². The van der Waals surface area contributed by atoms with Crippen molar-refractivity contribution in [2.75, 3.05) is 13.1 Å². The Hall–Kier alpha value is -2.51. The topological polar surface area (TPSA) is 80.2 Å². The molecule has 1 atom stereocenters. The number of imidazole rings is 1. The molecule has 1 saturated heterocycles. The molecule has 26 heavy (non-hydrogen) atoms. The van der Waals surface area contributed by atoms with Crippen LogP contribution in [-0.4, -0.2) is 42.8 Å². The molecule has 3 heterocycles. The van der Waals surface area contributed by atoms with Gasteiger partial charge in [-0.15, -0.1) is 0 Å². The molecular weight excluding hydrogens is 330 g/mol. The first-order valence-electron chi connectivity index (χ1n) is 8.96. The van der Waals surface area contributed by atoms with Gasteiger partial charge >= 0.3 is 0 Å². The van der Waals surface area contributed by atoms with Crippen LogP contribution in [0.15, 0.2) is 47.2 Å². The number of likely N-dealkylation sites (tertiary alicyclic amines) is 1. The van der Waals surface area contributed by atoms with E-state index in [-0.39, 0.29) is 5.92 Å². The minimum Gasteiger partial charge on any atom is -0.385 e. The van der Waals surface area contributed by atoms with Gasteiger partial charge in [0.15, 0.2) is 0 Å². The number of hydrogen-bond acceptors (Lipinski definition) is 6. The van der Waals surface area contributed by atoms with Crippen LogP contribution in [0.2, 0.25) is 0 Å². The first-order chi connectivity index (χ1) is 12.7. The molecule has 3 aromatic rings. The third-order valence-corrected chi connectivity index (χ3v) is 5.06. The van der Waals surface area contributed by atoms with Gasteiger partial charge in [0.1, 0.15) is 11.9 Å². The highest BCUT2D eigenvalue weighted by Crippen LogP contribution is 2.30. The molecule has 1 aliphatic heterocycles. The monoisotopic (exact) mass is 353 g/mol. The number of hydrogen-bond donors (Lipinski definition) is 1. The van der Waals surface area contributed by atoms with Crippen LogP contribution in [0.25, 0.3) is 11.4 Å². The van der Waals surface area contributed by atoms with Crippen molar-refractivity contribution in [1.29, 1.82) is 0 Å². The minimum absolute atomic E-state index is 0.231. The zero-order valence-corrected chi connectivity index (χ0v) is 14.8. The van der Waals surface area contributed by atoms with E-state index in [1.165, 1.54) is 0 Å². The molecule has 0 aliphatic carbocycles. The van der Waals surface area contributed by atoms with Crippen molar-refractivity contribution in [2.45, 2.75) is 25.5 Å². The summed E-state index contributed by atoms with van der Waals surface area (Å²) in [6.07, 6.45) is 4.94. The predicted molar refractivity (Wildman–Crippen MR) is 95.9 cm³/mol. The highest BCUT2D eigenvalue weighted by Gasteiger charge is 2.29. The quantitative estimate of drug-likeness (QED) is 0.759. The van der Waals surface area contributed by atoms with Gasteiger partial charge in [0.2, 0.25) is 11.7 Å². The number of nitrogens with zero attached hydrogens (tertiary/aromatic N) is 5. The largest absolute Gasteiger partial charge is 0.385 e. The normalized spacial score (nSPS) is 17.5. The van der Waals surface area contributed by atoms with E-state index in [1.807, 2.05) is 48.1 Å². The predicted octanol–water partition coefficient (Wildman–Crippen LogP) is 2.42. The van der Waals surface area contributed by atoms with E-state index >= 15 is 0 Å². The van der Waals surface area contributed by atoms with E-state index < -0.39 is 6.10 Å². The molecule has 0 spiro atoms. The Kier molecular flexibility index (Phi) is 4.81. The number of aliphatic hydroxyl groups excluding tert-OH is 1. The summed E-state index contributed by atoms with van der Waals surface area (Å²) in [6, 6.07) is 9.83. The fourth-order valence-corrected chi connectivity index (χ4v) is 3.51. The zero-order chi connectivity index (χ0) is 17.9. The Morgan fingerprint density at radius 1 is 1.23 bits per heavy atom. The van der Waals surface area contributed by atoms with E-state index in [0.717, 1.165) is 37.3 Å². The summed E-state index contributed by atoms with van der Waals surface area (Å²) in [5.41, 5.74) is 0.958. The van der Waals surface area contributed by atoms with Gasteiger partial charge < -0.3 is 14.2 Å². The number of rotatable bonds is 5. The van der Waals surface area contributed by atoms with E-state index in [1.54, 1.807) is 6.20 Å². The standard InChI is InChI=1S/C19H23N5O2/c1-23-12-9-20-19(23)17(25)14-7-10-24(11-8-14)13-16-21-18(22-26-16)15-5-3-2-4-6-15/h2-6,9,12,14,17,25H,7-8,10-11,13H2,1H3/t17-/m0/s1. The molecule has 7 heteroatoms. The van der Waals surface area contributed by atoms with Gasteiger partial charge in [-0.05, 0) is 31.8 Å². The van der Waals surface area contributed by atoms with Crippen LogP contribution >= 0.6 is 0 Å². The zero-order valence-electron chi connectivity index (χ0n) is 14.8. The van der Waals surface area contributed by atoms with Crippen molar-refractivity contribution in [1.82, 2.24) is 24.6 Å². The summed E-state index contributed by atoms with van der Waals surface area (Å²) < 4.78 is 7.29. The van der Waals surface area contributed by atoms with Gasteiger partial charge in [0.05, 0.1) is 6.54 Å². The fraction of sp³-hybridized carbons (Fsp3) is 0.421. The van der Waals surface area contributed by atoms with Crippen LogP contribution in [0.3, 0.4) is 0 Å². The van der Waals surface area contributed by atoms with Crippen LogP contribution in [0.4, 0.5) is 0 Å². The second-order valence-electron chi connectivity index (χ2n) is 6.83. The number of piperidine rings is 1. The van der Waals surface area contributed by atoms with E-state index in [9.17, 15) is 5.11 Å². The maximum absolute atomic E-state index is 10.6. The van der Waals surface area contributed by atoms with E-state index in [4.69, 9.17) is 4.52 Å². The Labute approximate surface area is 152 Å². The molecule has 0 saturated carbocycles. The van der Waals surface area contributed by atoms with Crippen LogP contribution in [-0.2, 0) is 13.6 Å². The van der Waals surface area contributed by atoms with Crippen molar-refractivity contribution in [3.05, 3.63) is 54.4 Å². The first-order valence-corrected chi connectivity index (χ1v) is 8.96. The Bertz CT molecular complexity index is 837. The van der Waals surface area contributed by atoms with Crippen molar-refractivity contribution >= 4 is 0 Å². The molecule has 1 fully saturated rings. The molecular formula is C19H23N5O2. The van der Waals surface area contributed by atoms with Crippen molar-refractivity contribution < 1.29 is 9.63 Å². The summed E-state index contributed by atoms with van der Waals surface area (Å²) in [7, 11) is 1.92. The minimum atomic E-state index is -0.509. The summed E-state index contributed by atoms with van der Waals surface area (Å²) in [5.74, 6) is 2.23. The molecule has 1 N–H and O–H groups in total. The lowest BCUT2D eigenvalue weighted by Crippen LogP contribution is -2.35. The summed E-state index contributed by atoms with van der Waals surface area (Å²) in [5, 5.41) is 14.7. The molecule has 136 valence electrons. The number of aliphatic hydroxyl groups is 1. The molecule has 0 unspecified atom stereocenters. The summed E-state index contributed by atoms with van der Waals surface area (Å²) >= 11 is 0. The van der Waals surface area contributed by atoms with Gasteiger partial charge in [-0.2, -0.15) is 4.98 Å². The maximum atomic E-state index is 10.6. The molecule has 7 nitrogen and oxygen atoms in total. The average Bonchev–Trinajstić information content (AvgIpc) is 3.32. The van der Waals surface area contributed by atoms with Gasteiger partial charge in [-0.25, -0.2) is 4.98 Å². The molecule has 0 radical (unpaired) electrons. The molecule has 1 aliphatic rings. The molecule has 0 amide bonds. The lowest BCUT2D eigenvalue weighted by Gasteiger charge is -2.33. The Balaban J connectivity index is 1.33. The van der Waals surface area contributed by atoms with Crippen molar-refractivity contribution in [3.8, 4) is 11.4 Å². The van der Waals surface area contributed by atoms with Crippen LogP contribution in [0.5, 0.6) is 0 Å². The third kappa shape index (κ3) is 3.54. The van der Waals surface area contributed by atoms with Crippen LogP contribution in [0, 0.1) is 5.92 Å². The van der Waals surface area contributed by atoms with Crippen molar-refractivity contribution in [2.24, 2.45) is 13.0 Å². The molecule has 1 aromatic carbocycles. The summed E-state index contributed by atoms with van der Waals surface area (Å²) in [6.45, 7) is 2.44. The first kappa shape index (κ1) is 16.9. The highest BCUT2D eigenvalue weighted by atomic mass is 16.5. The van der Waals surface area contributed by atoms with Crippen molar-refractivity contribution in [3.63, 3.8) is 0 Å². The third-order valence-electron chi connectivity index (χ3n) is 5.06. The van der Waals surface area contributed by atoms with Gasteiger partial charge in [-0.1, -0.05) is 35.5 Å². The average molecular weight is 353 g/mol. The maximum Gasteiger partial charge on any atom is 0.241 e. The lowest BCUT2D eigenvalue weighted by atomic mass is 9.91. The van der Waals surface area contributed by atoms with Crippen LogP contribution in [0.1, 0.15) is 30.7 Å².